The van der Waals surface area contributed by atoms with Gasteiger partial charge in [-0.15, -0.1) is 0 Å². The highest BCUT2D eigenvalue weighted by Gasteiger charge is 2.52. The van der Waals surface area contributed by atoms with Crippen molar-refractivity contribution >= 4 is 5.97 Å². The van der Waals surface area contributed by atoms with Crippen molar-refractivity contribution in [2.75, 3.05) is 34.0 Å². The molecule has 50 heavy (non-hydrogen) atoms. The van der Waals surface area contributed by atoms with Crippen LogP contribution in [0.15, 0.2) is 36.4 Å². The third kappa shape index (κ3) is 7.10. The zero-order valence-corrected chi connectivity index (χ0v) is 27.9. The standard InChI is InChI=1S/C34H44O16/c1-14-25(37)27(39)29(41)33(47-14)50-32-28(40)26(38)24(13-44-15(2)35)49-34(32)48-21-8-6-17(10-23(21)43-4)31-19-12-45-30(18(19)11-46-31)16-5-7-20(36)22(9-16)42-3/h5-10,14,18-19,24-34,36-41H,11-13H2,1-4H3/t14-,18-,19-,24-,25+,26-,27-,28+,29-,30-,31-,32+,33+,34-/m1/s1. The Morgan fingerprint density at radius 2 is 1.38 bits per heavy atom. The Morgan fingerprint density at radius 3 is 2.00 bits per heavy atom. The molecule has 16 nitrogen and oxygen atoms in total. The second-order valence-electron chi connectivity index (χ2n) is 12.9. The van der Waals surface area contributed by atoms with E-state index in [1.54, 1.807) is 36.4 Å². The quantitative estimate of drug-likeness (QED) is 0.180. The summed E-state index contributed by atoms with van der Waals surface area (Å²) in [6, 6.07) is 10.3. The van der Waals surface area contributed by atoms with Crippen LogP contribution in [-0.2, 0) is 33.2 Å². The van der Waals surface area contributed by atoms with Gasteiger partial charge in [0.2, 0.25) is 6.29 Å². The second-order valence-corrected chi connectivity index (χ2v) is 12.9. The maximum atomic E-state index is 11.5. The molecule has 4 heterocycles. The molecular formula is C34H44O16. The summed E-state index contributed by atoms with van der Waals surface area (Å²) in [5.41, 5.74) is 1.66. The van der Waals surface area contributed by atoms with Crippen LogP contribution in [0.4, 0.5) is 0 Å². The average Bonchev–Trinajstić information content (AvgIpc) is 3.72. The molecule has 2 aromatic rings. The van der Waals surface area contributed by atoms with Gasteiger partial charge in [0, 0.05) is 18.8 Å². The van der Waals surface area contributed by atoms with Gasteiger partial charge in [0.15, 0.2) is 35.4 Å². The summed E-state index contributed by atoms with van der Waals surface area (Å²) >= 11 is 0. The fraction of sp³-hybridized carbons (Fsp3) is 0.618. The SMILES string of the molecule is COc1cc([C@H]2OC[C@@H]3[C@H]2CO[C@@H]3c2ccc(O[C@@H]3O[C@H](COC(C)=O)[C@@H](O)[C@H](O)[C@@H]3O[C@@H]3O[C@H](C)[C@H](O)[C@@H](O)[C@H]3O)c(OC)c2)ccc1O. The number of ether oxygens (including phenoxy) is 9. The lowest BCUT2D eigenvalue weighted by molar-refractivity contribution is -0.354. The predicted octanol–water partition coefficient (Wildman–Crippen LogP) is 0.0859. The van der Waals surface area contributed by atoms with E-state index in [0.29, 0.717) is 19.0 Å². The molecule has 0 spiro atoms. The molecule has 0 aliphatic carbocycles. The van der Waals surface area contributed by atoms with Gasteiger partial charge in [-0.25, -0.2) is 0 Å². The van der Waals surface area contributed by atoms with E-state index in [1.165, 1.54) is 28.1 Å². The first-order valence-electron chi connectivity index (χ1n) is 16.4. The van der Waals surface area contributed by atoms with Crippen LogP contribution < -0.4 is 14.2 Å². The van der Waals surface area contributed by atoms with Crippen LogP contribution in [0.2, 0.25) is 0 Å². The molecule has 276 valence electrons. The van der Waals surface area contributed by atoms with Gasteiger partial charge < -0.3 is 73.3 Å². The first-order valence-corrected chi connectivity index (χ1v) is 16.4. The lowest BCUT2D eigenvalue weighted by atomic mass is 9.85. The number of fused-ring (bicyclic) bond motifs is 1. The molecule has 16 heteroatoms. The van der Waals surface area contributed by atoms with E-state index in [-0.39, 0.29) is 41.3 Å². The fourth-order valence-corrected chi connectivity index (χ4v) is 6.95. The van der Waals surface area contributed by atoms with Crippen LogP contribution in [-0.4, -0.2) is 132 Å². The third-order valence-electron chi connectivity index (χ3n) is 9.75. The van der Waals surface area contributed by atoms with Crippen LogP contribution in [0.3, 0.4) is 0 Å². The van der Waals surface area contributed by atoms with Crippen molar-refractivity contribution in [3.05, 3.63) is 47.5 Å². The number of carbonyl (C=O) groups is 1. The van der Waals surface area contributed by atoms with Crippen molar-refractivity contribution in [1.82, 2.24) is 0 Å². The minimum atomic E-state index is -1.72. The summed E-state index contributed by atoms with van der Waals surface area (Å²) in [7, 11) is 2.93. The van der Waals surface area contributed by atoms with E-state index in [2.05, 4.69) is 0 Å². The van der Waals surface area contributed by atoms with E-state index in [9.17, 15) is 35.4 Å². The van der Waals surface area contributed by atoms with Gasteiger partial charge in [-0.05, 0) is 42.3 Å². The van der Waals surface area contributed by atoms with Crippen molar-refractivity contribution in [3.63, 3.8) is 0 Å². The number of hydrogen-bond acceptors (Lipinski definition) is 16. The number of aliphatic hydroxyl groups is 5. The summed E-state index contributed by atoms with van der Waals surface area (Å²) < 4.78 is 52.0. The van der Waals surface area contributed by atoms with Crippen molar-refractivity contribution in [1.29, 1.82) is 0 Å². The highest BCUT2D eigenvalue weighted by molar-refractivity contribution is 5.65. The van der Waals surface area contributed by atoms with E-state index < -0.39 is 74.0 Å². The second kappa shape index (κ2) is 15.1. The average molecular weight is 709 g/mol. The lowest BCUT2D eigenvalue weighted by Crippen LogP contribution is -2.64. The summed E-state index contributed by atoms with van der Waals surface area (Å²) in [6.45, 7) is 3.10. The van der Waals surface area contributed by atoms with Crippen LogP contribution >= 0.6 is 0 Å². The summed E-state index contributed by atoms with van der Waals surface area (Å²) in [5, 5.41) is 63.1. The molecule has 0 amide bonds. The summed E-state index contributed by atoms with van der Waals surface area (Å²) in [5.74, 6) is 0.226. The van der Waals surface area contributed by atoms with Gasteiger partial charge in [0.05, 0.1) is 45.7 Å². The topological polar surface area (TPSA) is 222 Å². The zero-order valence-electron chi connectivity index (χ0n) is 27.9. The Bertz CT molecular complexity index is 1490. The highest BCUT2D eigenvalue weighted by Crippen LogP contribution is 2.51. The molecule has 6 N–H and O–H groups in total. The van der Waals surface area contributed by atoms with Crippen molar-refractivity contribution < 1.29 is 78.1 Å². The maximum absolute atomic E-state index is 11.5. The number of aromatic hydroxyl groups is 1. The van der Waals surface area contributed by atoms with E-state index >= 15 is 0 Å². The third-order valence-corrected chi connectivity index (χ3v) is 9.75. The smallest absolute Gasteiger partial charge is 0.302 e. The van der Waals surface area contributed by atoms with E-state index in [4.69, 9.17) is 42.6 Å². The van der Waals surface area contributed by atoms with Gasteiger partial charge in [0.1, 0.15) is 43.2 Å². The minimum absolute atomic E-state index is 0.00702. The van der Waals surface area contributed by atoms with Crippen LogP contribution in [0.25, 0.3) is 0 Å². The number of phenolic OH excluding ortho intramolecular Hbond substituents is 1. The van der Waals surface area contributed by atoms with Gasteiger partial charge in [-0.3, -0.25) is 4.79 Å². The Balaban J connectivity index is 1.21. The summed E-state index contributed by atoms with van der Waals surface area (Å²) in [6.07, 6.45) is -15.4. The molecule has 0 saturated carbocycles. The largest absolute Gasteiger partial charge is 0.504 e. The van der Waals surface area contributed by atoms with Crippen molar-refractivity contribution in [2.45, 2.75) is 87.5 Å². The fourth-order valence-electron chi connectivity index (χ4n) is 6.95. The number of methoxy groups -OCH3 is 2. The molecule has 0 aromatic heterocycles. The molecule has 2 aromatic carbocycles. The number of aliphatic hydroxyl groups excluding tert-OH is 5. The molecular weight excluding hydrogens is 664 g/mol. The minimum Gasteiger partial charge on any atom is -0.504 e. The molecule has 0 radical (unpaired) electrons. The first-order chi connectivity index (χ1) is 23.9. The zero-order chi connectivity index (χ0) is 35.9. The van der Waals surface area contributed by atoms with Crippen molar-refractivity contribution in [2.24, 2.45) is 11.8 Å². The molecule has 0 unspecified atom stereocenters. The Kier molecular flexibility index (Phi) is 11.0. The normalized spacial score (nSPS) is 38.3. The van der Waals surface area contributed by atoms with Gasteiger partial charge in [-0.1, -0.05) is 12.1 Å². The number of rotatable bonds is 10. The molecule has 4 aliphatic rings. The lowest BCUT2D eigenvalue weighted by Gasteiger charge is -2.45. The first kappa shape index (κ1) is 36.5. The molecule has 4 fully saturated rings. The highest BCUT2D eigenvalue weighted by atomic mass is 16.8. The van der Waals surface area contributed by atoms with Crippen molar-refractivity contribution in [3.8, 4) is 23.0 Å². The Labute approximate surface area is 287 Å². The van der Waals surface area contributed by atoms with Gasteiger partial charge in [0.25, 0.3) is 0 Å². The molecule has 4 aliphatic heterocycles. The number of benzene rings is 2. The number of esters is 1. The molecule has 0 bridgehead atoms. The summed E-state index contributed by atoms with van der Waals surface area (Å²) in [4.78, 5) is 11.5. The van der Waals surface area contributed by atoms with Crippen LogP contribution in [0, 0.1) is 11.8 Å². The molecule has 6 rings (SSSR count). The monoisotopic (exact) mass is 708 g/mol. The van der Waals surface area contributed by atoms with Gasteiger partial charge in [-0.2, -0.15) is 0 Å². The number of phenols is 1. The maximum Gasteiger partial charge on any atom is 0.302 e. The van der Waals surface area contributed by atoms with E-state index in [1.807, 2.05) is 0 Å². The molecule has 4 saturated heterocycles. The van der Waals surface area contributed by atoms with Gasteiger partial charge >= 0.3 is 5.97 Å². The Hall–Kier alpha value is -3.29. The number of carbonyl (C=O) groups excluding carboxylic acids is 1. The Morgan fingerprint density at radius 1 is 0.760 bits per heavy atom. The molecule has 14 atom stereocenters. The van der Waals surface area contributed by atoms with E-state index in [0.717, 1.165) is 11.1 Å². The van der Waals surface area contributed by atoms with Crippen LogP contribution in [0.1, 0.15) is 37.2 Å². The van der Waals surface area contributed by atoms with Crippen LogP contribution in [0.5, 0.6) is 23.0 Å². The number of hydrogen-bond donors (Lipinski definition) is 6. The predicted molar refractivity (Wildman–Crippen MR) is 167 cm³/mol.